The third-order valence-corrected chi connectivity index (χ3v) is 2.18. The number of amides is 1. The predicted octanol–water partition coefficient (Wildman–Crippen LogP) is 1.35. The third-order valence-electron chi connectivity index (χ3n) is 2.18. The number of carboxylic acids is 1. The van der Waals surface area contributed by atoms with Crippen molar-refractivity contribution < 1.29 is 14.7 Å². The predicted molar refractivity (Wildman–Crippen MR) is 63.9 cm³/mol. The summed E-state index contributed by atoms with van der Waals surface area (Å²) in [5.41, 5.74) is 0.137. The van der Waals surface area contributed by atoms with Crippen molar-refractivity contribution >= 4 is 11.9 Å². The molecule has 0 aromatic carbocycles. The highest BCUT2D eigenvalue weighted by molar-refractivity contribution is 5.86. The molecule has 17 heavy (non-hydrogen) atoms. The van der Waals surface area contributed by atoms with E-state index in [-0.39, 0.29) is 23.6 Å². The van der Waals surface area contributed by atoms with Gasteiger partial charge in [-0.05, 0) is 17.5 Å². The zero-order valence-corrected chi connectivity index (χ0v) is 10.4. The summed E-state index contributed by atoms with van der Waals surface area (Å²) in [7, 11) is 0. The fraction of sp³-hybridized carbons (Fsp3) is 0.500. The number of carbonyl (C=O) groups excluding carboxylic acids is 1. The van der Waals surface area contributed by atoms with Crippen molar-refractivity contribution in [1.29, 1.82) is 0 Å². The number of hydrogen-bond acceptors (Lipinski definition) is 2. The quantitative estimate of drug-likeness (QED) is 0.831. The molecule has 0 saturated heterocycles. The molecule has 5 heteroatoms. The topological polar surface area (TPSA) is 71.3 Å². The second-order valence-electron chi connectivity index (χ2n) is 5.16. The molecule has 0 bridgehead atoms. The molecule has 0 saturated carbocycles. The largest absolute Gasteiger partial charge is 0.477 e. The highest BCUT2D eigenvalue weighted by atomic mass is 16.4. The second kappa shape index (κ2) is 5.03. The van der Waals surface area contributed by atoms with E-state index in [0.29, 0.717) is 6.54 Å². The molecule has 0 atom stereocenters. The monoisotopic (exact) mass is 238 g/mol. The molecule has 1 amide bonds. The van der Waals surface area contributed by atoms with Crippen LogP contribution in [0.15, 0.2) is 18.3 Å². The number of carboxylic acid groups (broad SMARTS) is 1. The van der Waals surface area contributed by atoms with E-state index in [9.17, 15) is 9.59 Å². The van der Waals surface area contributed by atoms with Crippen LogP contribution in [0.25, 0.3) is 0 Å². The first-order chi connectivity index (χ1) is 7.79. The fourth-order valence-corrected chi connectivity index (χ4v) is 1.32. The molecule has 0 fully saturated rings. The van der Waals surface area contributed by atoms with Gasteiger partial charge in [-0.15, -0.1) is 0 Å². The van der Waals surface area contributed by atoms with Gasteiger partial charge in [0.15, 0.2) is 0 Å². The van der Waals surface area contributed by atoms with Crippen LogP contribution >= 0.6 is 0 Å². The smallest absolute Gasteiger partial charge is 0.352 e. The van der Waals surface area contributed by atoms with Gasteiger partial charge in [-0.25, -0.2) is 4.79 Å². The lowest BCUT2D eigenvalue weighted by atomic mass is 9.97. The first-order valence-electron chi connectivity index (χ1n) is 5.45. The van der Waals surface area contributed by atoms with Crippen LogP contribution in [0.4, 0.5) is 0 Å². The summed E-state index contributed by atoms with van der Waals surface area (Å²) in [6.45, 7) is 6.66. The Hall–Kier alpha value is -1.78. The lowest BCUT2D eigenvalue weighted by molar-refractivity contribution is -0.122. The summed E-state index contributed by atoms with van der Waals surface area (Å²) in [6, 6.07) is 3.08. The summed E-state index contributed by atoms with van der Waals surface area (Å²) in [5.74, 6) is -1.21. The van der Waals surface area contributed by atoms with Crippen molar-refractivity contribution in [2.45, 2.75) is 27.3 Å². The first kappa shape index (κ1) is 13.3. The van der Waals surface area contributed by atoms with Gasteiger partial charge >= 0.3 is 5.97 Å². The van der Waals surface area contributed by atoms with Crippen LogP contribution in [-0.4, -0.2) is 28.1 Å². The normalized spacial score (nSPS) is 11.2. The Morgan fingerprint density at radius 3 is 2.59 bits per heavy atom. The van der Waals surface area contributed by atoms with Crippen LogP contribution in [0.3, 0.4) is 0 Å². The molecule has 0 aliphatic carbocycles. The molecule has 1 heterocycles. The van der Waals surface area contributed by atoms with E-state index in [1.54, 1.807) is 12.3 Å². The number of carbonyl (C=O) groups is 2. The second-order valence-corrected chi connectivity index (χ2v) is 5.16. The van der Waals surface area contributed by atoms with Gasteiger partial charge in [0, 0.05) is 12.7 Å². The Morgan fingerprint density at radius 1 is 1.41 bits per heavy atom. The number of aromatic carboxylic acids is 1. The first-order valence-corrected chi connectivity index (χ1v) is 5.45. The molecule has 0 aliphatic heterocycles. The average molecular weight is 238 g/mol. The number of nitrogens with zero attached hydrogens (tertiary/aromatic N) is 1. The number of aromatic nitrogens is 1. The maximum Gasteiger partial charge on any atom is 0.352 e. The van der Waals surface area contributed by atoms with Crippen molar-refractivity contribution in [3.05, 3.63) is 24.0 Å². The lowest BCUT2D eigenvalue weighted by Gasteiger charge is -2.18. The summed E-state index contributed by atoms with van der Waals surface area (Å²) in [6.07, 6.45) is 1.58. The maximum absolute atomic E-state index is 11.6. The van der Waals surface area contributed by atoms with Gasteiger partial charge in [-0.3, -0.25) is 4.79 Å². The molecule has 0 aliphatic rings. The molecule has 1 aromatic heterocycles. The Kier molecular flexibility index (Phi) is 3.93. The van der Waals surface area contributed by atoms with E-state index in [4.69, 9.17) is 5.11 Å². The Morgan fingerprint density at radius 2 is 2.06 bits per heavy atom. The molecular weight excluding hydrogens is 220 g/mol. The summed E-state index contributed by atoms with van der Waals surface area (Å²) in [5, 5.41) is 11.6. The van der Waals surface area contributed by atoms with E-state index in [0.717, 1.165) is 0 Å². The summed E-state index contributed by atoms with van der Waals surface area (Å²) in [4.78, 5) is 22.4. The number of hydrogen-bond donors (Lipinski definition) is 2. The highest BCUT2D eigenvalue weighted by Crippen LogP contribution is 2.10. The van der Waals surface area contributed by atoms with E-state index in [1.807, 2.05) is 20.8 Å². The van der Waals surface area contributed by atoms with Crippen molar-refractivity contribution in [3.8, 4) is 0 Å². The zero-order valence-electron chi connectivity index (χ0n) is 10.4. The highest BCUT2D eigenvalue weighted by Gasteiger charge is 2.14. The van der Waals surface area contributed by atoms with Gasteiger partial charge in [-0.1, -0.05) is 20.8 Å². The van der Waals surface area contributed by atoms with Gasteiger partial charge in [-0.2, -0.15) is 0 Å². The molecule has 2 N–H and O–H groups in total. The van der Waals surface area contributed by atoms with Gasteiger partial charge < -0.3 is 15.0 Å². The van der Waals surface area contributed by atoms with Crippen LogP contribution in [-0.2, 0) is 11.3 Å². The minimum atomic E-state index is -1.03. The number of nitrogens with one attached hydrogen (secondary N) is 1. The minimum absolute atomic E-state index is 0.0158. The Bertz CT molecular complexity index is 416. The van der Waals surface area contributed by atoms with Crippen molar-refractivity contribution in [3.63, 3.8) is 0 Å². The van der Waals surface area contributed by atoms with Crippen molar-refractivity contribution in [1.82, 2.24) is 9.88 Å². The molecule has 5 nitrogen and oxygen atoms in total. The molecule has 94 valence electrons. The average Bonchev–Trinajstić information content (AvgIpc) is 2.62. The zero-order chi connectivity index (χ0) is 13.1. The van der Waals surface area contributed by atoms with E-state index in [2.05, 4.69) is 5.32 Å². The van der Waals surface area contributed by atoms with Crippen molar-refractivity contribution in [2.75, 3.05) is 6.54 Å². The van der Waals surface area contributed by atoms with Crippen LogP contribution in [0, 0.1) is 5.41 Å². The van der Waals surface area contributed by atoms with Crippen molar-refractivity contribution in [2.24, 2.45) is 5.41 Å². The fourth-order valence-electron chi connectivity index (χ4n) is 1.32. The van der Waals surface area contributed by atoms with Crippen LogP contribution in [0.2, 0.25) is 0 Å². The van der Waals surface area contributed by atoms with Gasteiger partial charge in [0.1, 0.15) is 12.2 Å². The Labute approximate surface area is 100 Å². The molecule has 1 aromatic rings. The van der Waals surface area contributed by atoms with E-state index < -0.39 is 5.97 Å². The van der Waals surface area contributed by atoms with E-state index >= 15 is 0 Å². The molecule has 0 radical (unpaired) electrons. The number of rotatable bonds is 4. The van der Waals surface area contributed by atoms with Crippen LogP contribution < -0.4 is 5.32 Å². The van der Waals surface area contributed by atoms with Crippen LogP contribution in [0.1, 0.15) is 31.3 Å². The molecular formula is C12H18N2O3. The van der Waals surface area contributed by atoms with Gasteiger partial charge in [0.05, 0.1) is 0 Å². The van der Waals surface area contributed by atoms with Gasteiger partial charge in [0.2, 0.25) is 5.91 Å². The standard InChI is InChI=1S/C12H18N2O3/c1-12(2,3)8-13-10(15)7-14-6-4-5-9(14)11(16)17/h4-6H,7-8H2,1-3H3,(H,13,15)(H,16,17). The third kappa shape index (κ3) is 4.30. The van der Waals surface area contributed by atoms with Gasteiger partial charge in [0.25, 0.3) is 0 Å². The molecule has 0 unspecified atom stereocenters. The Balaban J connectivity index is 2.57. The van der Waals surface area contributed by atoms with Crippen LogP contribution in [0.5, 0.6) is 0 Å². The molecule has 1 rings (SSSR count). The molecule has 0 spiro atoms. The summed E-state index contributed by atoms with van der Waals surface area (Å²) >= 11 is 0. The lowest BCUT2D eigenvalue weighted by Crippen LogP contribution is -2.34. The summed E-state index contributed by atoms with van der Waals surface area (Å²) < 4.78 is 1.42. The maximum atomic E-state index is 11.6. The minimum Gasteiger partial charge on any atom is -0.477 e. The van der Waals surface area contributed by atoms with E-state index in [1.165, 1.54) is 10.6 Å². The SMILES string of the molecule is CC(C)(C)CNC(=O)Cn1cccc1C(=O)O.